The van der Waals surface area contributed by atoms with Crippen molar-refractivity contribution in [2.45, 2.75) is 6.92 Å². The van der Waals surface area contributed by atoms with Gasteiger partial charge in [0.1, 0.15) is 11.4 Å². The van der Waals surface area contributed by atoms with Crippen molar-refractivity contribution in [3.8, 4) is 0 Å². The van der Waals surface area contributed by atoms with Crippen LogP contribution in [0, 0.1) is 0 Å². The van der Waals surface area contributed by atoms with Crippen molar-refractivity contribution in [1.29, 1.82) is 0 Å². The molecule has 1 aromatic heterocycles. The van der Waals surface area contributed by atoms with Crippen molar-refractivity contribution < 1.29 is 28.6 Å². The fraction of sp³-hybridized carbons (Fsp3) is 0.222. The predicted molar refractivity (Wildman–Crippen MR) is 93.4 cm³/mol. The lowest BCUT2D eigenvalue weighted by atomic mass is 10.1. The molecule has 2 rings (SSSR count). The third-order valence-corrected chi connectivity index (χ3v) is 3.32. The number of hydrogen-bond acceptors (Lipinski definition) is 8. The summed E-state index contributed by atoms with van der Waals surface area (Å²) < 4.78 is 14.1. The summed E-state index contributed by atoms with van der Waals surface area (Å²) in [5, 5.41) is 3.58. The topological polar surface area (TPSA) is 104 Å². The van der Waals surface area contributed by atoms with Crippen LogP contribution in [0.15, 0.2) is 42.1 Å². The molecule has 1 aromatic carbocycles. The summed E-state index contributed by atoms with van der Waals surface area (Å²) in [6.07, 6.45) is 0.985. The Hall–Kier alpha value is -3.42. The highest BCUT2D eigenvalue weighted by Gasteiger charge is 2.14. The monoisotopic (exact) mass is 358 g/mol. The highest BCUT2D eigenvalue weighted by atomic mass is 16.5. The second-order valence-corrected chi connectivity index (χ2v) is 5.02. The summed E-state index contributed by atoms with van der Waals surface area (Å²) in [6.45, 7) is 1.96. The van der Waals surface area contributed by atoms with Gasteiger partial charge in [0.25, 0.3) is 0 Å². The van der Waals surface area contributed by atoms with E-state index in [0.717, 1.165) is 11.5 Å². The number of carbonyl (C=O) groups excluding carboxylic acids is 3. The van der Waals surface area contributed by atoms with E-state index in [1.165, 1.54) is 14.2 Å². The minimum absolute atomic E-state index is 0.0970. The quantitative estimate of drug-likeness (QED) is 0.475. The number of ether oxygens (including phenoxy) is 3. The lowest BCUT2D eigenvalue weighted by Gasteiger charge is -2.10. The van der Waals surface area contributed by atoms with Gasteiger partial charge in [0.05, 0.1) is 32.4 Å². The lowest BCUT2D eigenvalue weighted by Crippen LogP contribution is -2.15. The van der Waals surface area contributed by atoms with Gasteiger partial charge < -0.3 is 19.5 Å². The van der Waals surface area contributed by atoms with Crippen LogP contribution in [0.1, 0.15) is 17.4 Å². The number of anilines is 1. The highest BCUT2D eigenvalue weighted by Crippen LogP contribution is 2.20. The number of fused-ring (bicyclic) bond motifs is 1. The minimum atomic E-state index is -0.733. The third-order valence-electron chi connectivity index (χ3n) is 3.32. The summed E-state index contributed by atoms with van der Waals surface area (Å²) >= 11 is 0. The molecule has 2 aromatic rings. The Morgan fingerprint density at radius 1 is 1.12 bits per heavy atom. The van der Waals surface area contributed by atoms with Gasteiger partial charge in [-0.15, -0.1) is 0 Å². The largest absolute Gasteiger partial charge is 0.466 e. The Morgan fingerprint density at radius 3 is 2.50 bits per heavy atom. The van der Waals surface area contributed by atoms with E-state index in [9.17, 15) is 14.4 Å². The smallest absolute Gasteiger partial charge is 0.356 e. The van der Waals surface area contributed by atoms with Gasteiger partial charge in [-0.3, -0.25) is 0 Å². The van der Waals surface area contributed by atoms with Crippen LogP contribution >= 0.6 is 0 Å². The van der Waals surface area contributed by atoms with Crippen LogP contribution in [0.2, 0.25) is 0 Å². The lowest BCUT2D eigenvalue weighted by molar-refractivity contribution is -0.138. The SMILES string of the molecule is CCOC(=O)c1ccc2ccc(N/C(=C/C(=O)OC)C(=O)OC)cc2n1. The number of nitrogens with zero attached hydrogens (tertiary/aromatic N) is 1. The maximum absolute atomic E-state index is 11.8. The molecule has 0 spiro atoms. The first-order valence-corrected chi connectivity index (χ1v) is 7.71. The molecule has 8 heteroatoms. The molecule has 0 aliphatic rings. The Balaban J connectivity index is 2.36. The van der Waals surface area contributed by atoms with Crippen LogP contribution in [0.3, 0.4) is 0 Å². The van der Waals surface area contributed by atoms with E-state index in [2.05, 4.69) is 19.8 Å². The maximum atomic E-state index is 11.8. The number of carbonyl (C=O) groups is 3. The highest BCUT2D eigenvalue weighted by molar-refractivity contribution is 5.99. The van der Waals surface area contributed by atoms with Crippen molar-refractivity contribution in [2.75, 3.05) is 26.1 Å². The third kappa shape index (κ3) is 4.56. The van der Waals surface area contributed by atoms with E-state index in [1.807, 2.05) is 0 Å². The number of hydrogen-bond donors (Lipinski definition) is 1. The van der Waals surface area contributed by atoms with E-state index >= 15 is 0 Å². The second-order valence-electron chi connectivity index (χ2n) is 5.02. The Morgan fingerprint density at radius 2 is 1.85 bits per heavy atom. The summed E-state index contributed by atoms with van der Waals surface area (Å²) in [4.78, 5) is 39.3. The van der Waals surface area contributed by atoms with Gasteiger partial charge in [-0.25, -0.2) is 19.4 Å². The van der Waals surface area contributed by atoms with E-state index in [4.69, 9.17) is 4.74 Å². The molecule has 1 N–H and O–H groups in total. The Kier molecular flexibility index (Phi) is 6.26. The van der Waals surface area contributed by atoms with E-state index in [0.29, 0.717) is 11.2 Å². The first kappa shape index (κ1) is 18.9. The van der Waals surface area contributed by atoms with Gasteiger partial charge in [0.2, 0.25) is 0 Å². The molecular formula is C18H18N2O6. The number of rotatable bonds is 6. The average Bonchev–Trinajstić information content (AvgIpc) is 2.66. The summed E-state index contributed by atoms with van der Waals surface area (Å²) in [5.41, 5.74) is 1.07. The molecule has 0 saturated heterocycles. The molecule has 26 heavy (non-hydrogen) atoms. The first-order valence-electron chi connectivity index (χ1n) is 7.71. The molecular weight excluding hydrogens is 340 g/mol. The van der Waals surface area contributed by atoms with Crippen molar-refractivity contribution in [3.63, 3.8) is 0 Å². The average molecular weight is 358 g/mol. The van der Waals surface area contributed by atoms with Crippen LogP contribution in [-0.4, -0.2) is 43.7 Å². The molecule has 0 atom stereocenters. The van der Waals surface area contributed by atoms with E-state index in [-0.39, 0.29) is 18.0 Å². The Labute approximate surface area is 149 Å². The zero-order chi connectivity index (χ0) is 19.1. The number of pyridine rings is 1. The van der Waals surface area contributed by atoms with Gasteiger partial charge in [-0.05, 0) is 25.1 Å². The van der Waals surface area contributed by atoms with Crippen LogP contribution in [-0.2, 0) is 23.8 Å². The van der Waals surface area contributed by atoms with Crippen molar-refractivity contribution in [3.05, 3.63) is 47.8 Å². The fourth-order valence-corrected chi connectivity index (χ4v) is 2.10. The van der Waals surface area contributed by atoms with Crippen molar-refractivity contribution in [2.24, 2.45) is 0 Å². The summed E-state index contributed by atoms with van der Waals surface area (Å²) in [5.74, 6) is -1.96. The normalized spacial score (nSPS) is 11.0. The van der Waals surface area contributed by atoms with Crippen LogP contribution in [0.25, 0.3) is 10.9 Å². The van der Waals surface area contributed by atoms with Crippen LogP contribution < -0.4 is 5.32 Å². The molecule has 136 valence electrons. The van der Waals surface area contributed by atoms with Gasteiger partial charge in [-0.2, -0.15) is 0 Å². The van der Waals surface area contributed by atoms with Gasteiger partial charge >= 0.3 is 17.9 Å². The number of esters is 3. The minimum Gasteiger partial charge on any atom is -0.466 e. The molecule has 0 bridgehead atoms. The van der Waals surface area contributed by atoms with E-state index in [1.54, 1.807) is 37.3 Å². The number of benzene rings is 1. The molecule has 0 saturated carbocycles. The van der Waals surface area contributed by atoms with Crippen LogP contribution in [0.4, 0.5) is 5.69 Å². The molecule has 1 heterocycles. The molecule has 8 nitrogen and oxygen atoms in total. The fourth-order valence-electron chi connectivity index (χ4n) is 2.10. The van der Waals surface area contributed by atoms with Crippen molar-refractivity contribution in [1.82, 2.24) is 4.98 Å². The molecule has 0 amide bonds. The molecule has 0 aliphatic carbocycles. The maximum Gasteiger partial charge on any atom is 0.356 e. The van der Waals surface area contributed by atoms with Crippen LogP contribution in [0.5, 0.6) is 0 Å². The van der Waals surface area contributed by atoms with Gasteiger partial charge in [0, 0.05) is 11.1 Å². The van der Waals surface area contributed by atoms with E-state index < -0.39 is 17.9 Å². The second kappa shape index (κ2) is 8.61. The molecule has 0 aliphatic heterocycles. The molecule has 0 unspecified atom stereocenters. The zero-order valence-corrected chi connectivity index (χ0v) is 14.6. The molecule has 0 radical (unpaired) electrons. The Bertz CT molecular complexity index is 875. The van der Waals surface area contributed by atoms with Crippen molar-refractivity contribution >= 4 is 34.5 Å². The zero-order valence-electron chi connectivity index (χ0n) is 14.6. The standard InChI is InChI=1S/C18H18N2O6/c1-4-26-18(23)13-8-6-11-5-7-12(9-14(11)20-13)19-15(17(22)25-3)10-16(21)24-2/h5-10,19H,4H2,1-3H3/b15-10+. The summed E-state index contributed by atoms with van der Waals surface area (Å²) in [7, 11) is 2.40. The van der Waals surface area contributed by atoms with Gasteiger partial charge in [-0.1, -0.05) is 12.1 Å². The number of aromatic nitrogens is 1. The first-order chi connectivity index (χ1) is 12.5. The number of nitrogens with one attached hydrogen (secondary N) is 1. The predicted octanol–water partition coefficient (Wildman–Crippen LogP) is 2.05. The molecule has 0 fully saturated rings. The number of methoxy groups -OCH3 is 2. The summed E-state index contributed by atoms with van der Waals surface area (Å²) in [6, 6.07) is 8.40. The van der Waals surface area contributed by atoms with Gasteiger partial charge in [0.15, 0.2) is 0 Å².